The highest BCUT2D eigenvalue weighted by molar-refractivity contribution is 7.89. The number of rotatable bonds is 9. The predicted molar refractivity (Wildman–Crippen MR) is 151 cm³/mol. The van der Waals surface area contributed by atoms with Gasteiger partial charge in [0.2, 0.25) is 10.0 Å². The number of aryl methyl sites for hydroxylation is 1. The molecule has 3 heterocycles. The third kappa shape index (κ3) is 6.02. The van der Waals surface area contributed by atoms with Gasteiger partial charge in [-0.3, -0.25) is 9.69 Å². The number of nitrogens with zero attached hydrogens (tertiary/aromatic N) is 4. The predicted octanol–water partition coefficient (Wildman–Crippen LogP) is 2.96. The number of likely N-dealkylation sites (N-methyl/N-ethyl adjacent to an activating group) is 1. The van der Waals surface area contributed by atoms with Crippen molar-refractivity contribution in [2.75, 3.05) is 64.4 Å². The lowest BCUT2D eigenvalue weighted by atomic mass is 10.2. The Hall–Kier alpha value is -2.57. The van der Waals surface area contributed by atoms with Crippen LogP contribution < -0.4 is 10.2 Å². The molecule has 0 saturated carbocycles. The van der Waals surface area contributed by atoms with Crippen LogP contribution in [-0.2, 0) is 14.8 Å². The lowest BCUT2D eigenvalue weighted by Crippen LogP contribution is -2.48. The topological polar surface area (TPSA) is 95.1 Å². The summed E-state index contributed by atoms with van der Waals surface area (Å²) in [6, 6.07) is 12.4. The molecule has 1 aromatic heterocycles. The second-order valence-electron chi connectivity index (χ2n) is 9.95. The number of benzene rings is 2. The van der Waals surface area contributed by atoms with Crippen LogP contribution >= 0.6 is 11.3 Å². The zero-order valence-electron chi connectivity index (χ0n) is 21.9. The molecule has 1 amide bonds. The molecule has 1 unspecified atom stereocenters. The van der Waals surface area contributed by atoms with Gasteiger partial charge in [-0.2, -0.15) is 4.31 Å². The smallest absolute Gasteiger partial charge is 0.251 e. The van der Waals surface area contributed by atoms with E-state index in [1.807, 2.05) is 0 Å². The largest absolute Gasteiger partial charge is 0.377 e. The van der Waals surface area contributed by atoms with E-state index in [-0.39, 0.29) is 16.9 Å². The molecule has 204 valence electrons. The van der Waals surface area contributed by atoms with Gasteiger partial charge < -0.3 is 15.0 Å². The minimum Gasteiger partial charge on any atom is -0.377 e. The summed E-state index contributed by atoms with van der Waals surface area (Å²) in [6.45, 7) is 8.05. The fraction of sp³-hybridized carbons (Fsp3) is 0.481. The van der Waals surface area contributed by atoms with E-state index in [1.165, 1.54) is 26.7 Å². The molecule has 1 atom stereocenters. The Morgan fingerprint density at radius 2 is 1.92 bits per heavy atom. The number of amides is 1. The van der Waals surface area contributed by atoms with Gasteiger partial charge in [0.1, 0.15) is 0 Å². The number of hydrogen-bond donors (Lipinski definition) is 1. The molecule has 2 fully saturated rings. The minimum atomic E-state index is -3.63. The summed E-state index contributed by atoms with van der Waals surface area (Å²) < 4.78 is 33.9. The Bertz CT molecular complexity index is 1360. The van der Waals surface area contributed by atoms with Gasteiger partial charge in [-0.1, -0.05) is 23.5 Å². The number of anilines is 1. The first kappa shape index (κ1) is 27.0. The summed E-state index contributed by atoms with van der Waals surface area (Å²) in [6.07, 6.45) is 1.78. The summed E-state index contributed by atoms with van der Waals surface area (Å²) >= 11 is 1.74. The average molecular weight is 558 g/mol. The van der Waals surface area contributed by atoms with Crippen LogP contribution in [0.25, 0.3) is 10.2 Å². The molecule has 2 aromatic carbocycles. The molecule has 0 aliphatic carbocycles. The molecule has 11 heteroatoms. The van der Waals surface area contributed by atoms with E-state index in [0.29, 0.717) is 25.3 Å². The fourth-order valence-electron chi connectivity index (χ4n) is 4.93. The molecule has 38 heavy (non-hydrogen) atoms. The Balaban J connectivity index is 1.07. The molecule has 5 rings (SSSR count). The van der Waals surface area contributed by atoms with Crippen LogP contribution in [0, 0.1) is 6.92 Å². The van der Waals surface area contributed by atoms with Crippen LogP contribution in [0.4, 0.5) is 5.13 Å². The van der Waals surface area contributed by atoms with Crippen molar-refractivity contribution in [1.29, 1.82) is 0 Å². The number of fused-ring (bicyclic) bond motifs is 1. The van der Waals surface area contributed by atoms with Crippen molar-refractivity contribution in [3.8, 4) is 0 Å². The monoisotopic (exact) mass is 557 g/mol. The first-order chi connectivity index (χ1) is 18.3. The van der Waals surface area contributed by atoms with Crippen molar-refractivity contribution >= 4 is 42.6 Å². The number of nitrogens with one attached hydrogen (secondary N) is 1. The number of piperazine rings is 1. The number of hydrogen-bond acceptors (Lipinski definition) is 8. The number of carbonyl (C=O) groups excluding carboxylic acids is 1. The van der Waals surface area contributed by atoms with E-state index in [1.54, 1.807) is 30.5 Å². The second kappa shape index (κ2) is 11.7. The van der Waals surface area contributed by atoms with E-state index < -0.39 is 10.0 Å². The van der Waals surface area contributed by atoms with Gasteiger partial charge in [-0.05, 0) is 55.7 Å². The van der Waals surface area contributed by atoms with E-state index >= 15 is 0 Å². The van der Waals surface area contributed by atoms with Gasteiger partial charge in [0.05, 0.1) is 21.2 Å². The van der Waals surface area contributed by atoms with Crippen molar-refractivity contribution in [2.24, 2.45) is 0 Å². The molecular weight excluding hydrogens is 522 g/mol. The van der Waals surface area contributed by atoms with Crippen molar-refractivity contribution in [2.45, 2.75) is 30.8 Å². The molecule has 0 radical (unpaired) electrons. The van der Waals surface area contributed by atoms with E-state index in [2.05, 4.69) is 40.2 Å². The standard InChI is InChI=1S/C27H35N5O4S2/c1-20-5-3-7-24-25(20)29-27(37-24)32-16-14-31(15-17-32)13-12-28-26(33)21-8-10-23(11-9-21)38(34,35)30(2)19-22-6-4-18-36-22/h3,5,7-11,22H,4,6,12-19H2,1-2H3,(H,28,33). The molecule has 0 bridgehead atoms. The highest BCUT2D eigenvalue weighted by atomic mass is 32.2. The normalized spacial score (nSPS) is 18.9. The van der Waals surface area contributed by atoms with Crippen molar-refractivity contribution in [3.63, 3.8) is 0 Å². The summed E-state index contributed by atoms with van der Waals surface area (Å²) in [4.78, 5) is 22.4. The first-order valence-electron chi connectivity index (χ1n) is 13.1. The summed E-state index contributed by atoms with van der Waals surface area (Å²) in [5.74, 6) is -0.204. The molecule has 2 aliphatic rings. The maximum absolute atomic E-state index is 12.9. The lowest BCUT2D eigenvalue weighted by Gasteiger charge is -2.34. The van der Waals surface area contributed by atoms with Crippen LogP contribution in [-0.4, -0.2) is 94.1 Å². The fourth-order valence-corrected chi connectivity index (χ4v) is 7.23. The van der Waals surface area contributed by atoms with E-state index in [0.717, 1.165) is 56.2 Å². The van der Waals surface area contributed by atoms with Crippen molar-refractivity contribution in [3.05, 3.63) is 53.6 Å². The van der Waals surface area contributed by atoms with Crippen LogP contribution in [0.1, 0.15) is 28.8 Å². The Labute approximate surface area is 228 Å². The number of aromatic nitrogens is 1. The van der Waals surface area contributed by atoms with Gasteiger partial charge in [-0.15, -0.1) is 0 Å². The average Bonchev–Trinajstić information content (AvgIpc) is 3.60. The summed E-state index contributed by atoms with van der Waals surface area (Å²) in [5.41, 5.74) is 2.74. The third-order valence-electron chi connectivity index (χ3n) is 7.28. The summed E-state index contributed by atoms with van der Waals surface area (Å²) in [5, 5.41) is 4.04. The zero-order chi connectivity index (χ0) is 26.7. The number of thiazole rings is 1. The summed E-state index contributed by atoms with van der Waals surface area (Å²) in [7, 11) is -2.06. The third-order valence-corrected chi connectivity index (χ3v) is 10.2. The molecule has 0 spiro atoms. The molecule has 2 saturated heterocycles. The molecule has 1 N–H and O–H groups in total. The number of carbonyl (C=O) groups is 1. The Morgan fingerprint density at radius 3 is 2.61 bits per heavy atom. The Morgan fingerprint density at radius 1 is 1.16 bits per heavy atom. The highest BCUT2D eigenvalue weighted by Crippen LogP contribution is 2.31. The zero-order valence-corrected chi connectivity index (χ0v) is 23.6. The van der Waals surface area contributed by atoms with Crippen molar-refractivity contribution in [1.82, 2.24) is 19.5 Å². The molecular formula is C27H35N5O4S2. The number of ether oxygens (including phenoxy) is 1. The highest BCUT2D eigenvalue weighted by Gasteiger charge is 2.26. The van der Waals surface area contributed by atoms with Crippen LogP contribution in [0.15, 0.2) is 47.4 Å². The minimum absolute atomic E-state index is 0.0560. The van der Waals surface area contributed by atoms with E-state index in [9.17, 15) is 13.2 Å². The second-order valence-corrected chi connectivity index (χ2v) is 13.0. The van der Waals surface area contributed by atoms with E-state index in [4.69, 9.17) is 9.72 Å². The molecule has 9 nitrogen and oxygen atoms in total. The first-order valence-corrected chi connectivity index (χ1v) is 15.4. The van der Waals surface area contributed by atoms with Crippen LogP contribution in [0.5, 0.6) is 0 Å². The number of sulfonamides is 1. The molecule has 3 aromatic rings. The van der Waals surface area contributed by atoms with Crippen LogP contribution in [0.2, 0.25) is 0 Å². The van der Waals surface area contributed by atoms with Gasteiger partial charge in [0.25, 0.3) is 5.91 Å². The Kier molecular flexibility index (Phi) is 8.29. The van der Waals surface area contributed by atoms with Gasteiger partial charge in [-0.25, -0.2) is 13.4 Å². The maximum atomic E-state index is 12.9. The van der Waals surface area contributed by atoms with Gasteiger partial charge in [0.15, 0.2) is 5.13 Å². The quantitative estimate of drug-likeness (QED) is 0.432. The van der Waals surface area contributed by atoms with Gasteiger partial charge >= 0.3 is 0 Å². The van der Waals surface area contributed by atoms with Crippen molar-refractivity contribution < 1.29 is 17.9 Å². The maximum Gasteiger partial charge on any atom is 0.251 e. The van der Waals surface area contributed by atoms with Gasteiger partial charge in [0, 0.05) is 65.0 Å². The molecule has 2 aliphatic heterocycles. The number of para-hydroxylation sites is 1. The van der Waals surface area contributed by atoms with Crippen LogP contribution in [0.3, 0.4) is 0 Å². The SMILES string of the molecule is Cc1cccc2sc(N3CCN(CCNC(=O)c4ccc(S(=O)(=O)N(C)CC5CCCO5)cc4)CC3)nc12. The lowest BCUT2D eigenvalue weighted by molar-refractivity contribution is 0.0947.